The molecule has 0 saturated heterocycles. The zero-order valence-corrected chi connectivity index (χ0v) is 8.75. The van der Waals surface area contributed by atoms with Gasteiger partial charge in [0, 0.05) is 12.2 Å². The highest BCUT2D eigenvalue weighted by atomic mass is 14.9. The van der Waals surface area contributed by atoms with Crippen molar-refractivity contribution >= 4 is 0 Å². The highest BCUT2D eigenvalue weighted by Crippen LogP contribution is 1.87. The Morgan fingerprint density at radius 2 is 1.77 bits per heavy atom. The topological polar surface area (TPSA) is 12.0 Å². The molecule has 0 rings (SSSR count). The van der Waals surface area contributed by atoms with Gasteiger partial charge in [-0.05, 0) is 26.8 Å². The molecule has 1 heteroatoms. The normalized spacial score (nSPS) is 13.6. The number of nitrogens with one attached hydrogen (secondary N) is 1. The van der Waals surface area contributed by atoms with Crippen molar-refractivity contribution in [1.29, 1.82) is 0 Å². The summed E-state index contributed by atoms with van der Waals surface area (Å²) in [5.41, 5.74) is 1.18. The lowest BCUT2D eigenvalue weighted by atomic mass is 10.4. The van der Waals surface area contributed by atoms with Crippen molar-refractivity contribution < 1.29 is 0 Å². The van der Waals surface area contributed by atoms with Gasteiger partial charge in [0.15, 0.2) is 0 Å². The Labute approximate surface area is 81.5 Å². The van der Waals surface area contributed by atoms with Crippen LogP contribution in [-0.2, 0) is 0 Å². The number of allylic oxidation sites excluding steroid dienone is 7. The molecule has 0 heterocycles. The van der Waals surface area contributed by atoms with Crippen molar-refractivity contribution in [3.8, 4) is 0 Å². The Hall–Kier alpha value is -1.24. The summed E-state index contributed by atoms with van der Waals surface area (Å²) in [6.45, 7) is 6.96. The van der Waals surface area contributed by atoms with Gasteiger partial charge in [0.05, 0.1) is 0 Å². The Balaban J connectivity index is 3.64. The van der Waals surface area contributed by atoms with Gasteiger partial charge in [-0.15, -0.1) is 0 Å². The predicted octanol–water partition coefficient (Wildman–Crippen LogP) is 3.19. The minimum absolute atomic E-state index is 0.879. The van der Waals surface area contributed by atoms with Crippen LogP contribution in [0, 0.1) is 0 Å². The first-order valence-corrected chi connectivity index (χ1v) is 4.62. The number of rotatable bonds is 5. The molecule has 1 nitrogen and oxygen atoms in total. The lowest BCUT2D eigenvalue weighted by Crippen LogP contribution is -2.09. The van der Waals surface area contributed by atoms with E-state index in [-0.39, 0.29) is 0 Å². The zero-order valence-electron chi connectivity index (χ0n) is 8.75. The maximum atomic E-state index is 3.27. The molecule has 0 unspecified atom stereocenters. The molecule has 0 aliphatic carbocycles. The fourth-order valence-electron chi connectivity index (χ4n) is 0.777. The van der Waals surface area contributed by atoms with Gasteiger partial charge in [-0.3, -0.25) is 0 Å². The Kier molecular flexibility index (Phi) is 8.01. The van der Waals surface area contributed by atoms with Crippen LogP contribution in [0.5, 0.6) is 0 Å². The molecule has 0 radical (unpaired) electrons. The van der Waals surface area contributed by atoms with Gasteiger partial charge in [0.1, 0.15) is 0 Å². The van der Waals surface area contributed by atoms with Crippen LogP contribution in [0.3, 0.4) is 0 Å². The molecule has 0 aliphatic heterocycles. The molecule has 0 aromatic carbocycles. The zero-order chi connectivity index (χ0) is 9.94. The smallest absolute Gasteiger partial charge is 0.0330 e. The predicted molar refractivity (Wildman–Crippen MR) is 60.5 cm³/mol. The molecule has 0 aromatic heterocycles. The van der Waals surface area contributed by atoms with E-state index in [0.717, 1.165) is 6.54 Å². The van der Waals surface area contributed by atoms with Gasteiger partial charge in [0.25, 0.3) is 0 Å². The van der Waals surface area contributed by atoms with Crippen molar-refractivity contribution in [1.82, 2.24) is 5.32 Å². The average Bonchev–Trinajstić information content (AvgIpc) is 2.14. The molecular formula is C12H19N. The van der Waals surface area contributed by atoms with E-state index < -0.39 is 0 Å². The SMILES string of the molecule is C/C=C\C=C/CN/C(C)=C/C=C\C. The second-order valence-corrected chi connectivity index (χ2v) is 2.71. The van der Waals surface area contributed by atoms with Crippen molar-refractivity contribution in [2.45, 2.75) is 20.8 Å². The van der Waals surface area contributed by atoms with E-state index >= 15 is 0 Å². The van der Waals surface area contributed by atoms with E-state index in [0.29, 0.717) is 0 Å². The van der Waals surface area contributed by atoms with Gasteiger partial charge in [0.2, 0.25) is 0 Å². The first-order chi connectivity index (χ1) is 6.31. The maximum Gasteiger partial charge on any atom is 0.0330 e. The third kappa shape index (κ3) is 8.67. The highest BCUT2D eigenvalue weighted by Gasteiger charge is 1.80. The van der Waals surface area contributed by atoms with Crippen LogP contribution in [0.2, 0.25) is 0 Å². The minimum Gasteiger partial charge on any atom is -0.385 e. The van der Waals surface area contributed by atoms with Crippen molar-refractivity contribution in [3.05, 3.63) is 48.2 Å². The standard InChI is InChI=1S/C12H19N/c1-4-6-8-9-11-13-12(3)10-7-5-2/h4-10,13H,11H2,1-3H3/b6-4-,7-5-,9-8-,12-10+. The van der Waals surface area contributed by atoms with Crippen molar-refractivity contribution in [3.63, 3.8) is 0 Å². The summed E-state index contributed by atoms with van der Waals surface area (Å²) in [6, 6.07) is 0. The minimum atomic E-state index is 0.879. The molecule has 1 N–H and O–H groups in total. The van der Waals surface area contributed by atoms with Crippen LogP contribution in [0.4, 0.5) is 0 Å². The lowest BCUT2D eigenvalue weighted by molar-refractivity contribution is 0.904. The third-order valence-corrected chi connectivity index (χ3v) is 1.48. The Bertz CT molecular complexity index is 219. The second-order valence-electron chi connectivity index (χ2n) is 2.71. The molecule has 0 aromatic rings. The molecule has 0 aliphatic rings. The first-order valence-electron chi connectivity index (χ1n) is 4.62. The van der Waals surface area contributed by atoms with Gasteiger partial charge in [-0.1, -0.05) is 36.5 Å². The van der Waals surface area contributed by atoms with Crippen LogP contribution in [-0.4, -0.2) is 6.54 Å². The first kappa shape index (κ1) is 11.8. The molecule has 13 heavy (non-hydrogen) atoms. The molecule has 72 valence electrons. The van der Waals surface area contributed by atoms with E-state index in [9.17, 15) is 0 Å². The van der Waals surface area contributed by atoms with Crippen LogP contribution in [0.15, 0.2) is 48.2 Å². The van der Waals surface area contributed by atoms with Gasteiger partial charge in [-0.2, -0.15) is 0 Å². The van der Waals surface area contributed by atoms with Gasteiger partial charge in [-0.25, -0.2) is 0 Å². The summed E-state index contributed by atoms with van der Waals surface area (Å²) in [6.07, 6.45) is 14.3. The Morgan fingerprint density at radius 1 is 1.08 bits per heavy atom. The van der Waals surface area contributed by atoms with Crippen molar-refractivity contribution in [2.24, 2.45) is 0 Å². The van der Waals surface area contributed by atoms with E-state index in [4.69, 9.17) is 0 Å². The van der Waals surface area contributed by atoms with Crippen LogP contribution in [0.1, 0.15) is 20.8 Å². The van der Waals surface area contributed by atoms with Gasteiger partial charge < -0.3 is 5.32 Å². The van der Waals surface area contributed by atoms with E-state index in [1.54, 1.807) is 0 Å². The molecule has 0 atom stereocenters. The summed E-state index contributed by atoms with van der Waals surface area (Å²) < 4.78 is 0. The number of hydrogen-bond donors (Lipinski definition) is 1. The monoisotopic (exact) mass is 177 g/mol. The van der Waals surface area contributed by atoms with Gasteiger partial charge >= 0.3 is 0 Å². The lowest BCUT2D eigenvalue weighted by Gasteiger charge is -2.00. The summed E-state index contributed by atoms with van der Waals surface area (Å²) in [5, 5.41) is 3.27. The Morgan fingerprint density at radius 3 is 2.38 bits per heavy atom. The molecule has 0 fully saturated rings. The van der Waals surface area contributed by atoms with E-state index in [1.165, 1.54) is 5.70 Å². The fourth-order valence-corrected chi connectivity index (χ4v) is 0.777. The van der Waals surface area contributed by atoms with E-state index in [1.807, 2.05) is 44.2 Å². The molecular weight excluding hydrogens is 158 g/mol. The molecule has 0 amide bonds. The molecule has 0 spiro atoms. The van der Waals surface area contributed by atoms with Crippen LogP contribution >= 0.6 is 0 Å². The maximum absolute atomic E-state index is 3.27. The third-order valence-electron chi connectivity index (χ3n) is 1.48. The second kappa shape index (κ2) is 8.85. The average molecular weight is 177 g/mol. The van der Waals surface area contributed by atoms with Crippen molar-refractivity contribution in [2.75, 3.05) is 6.54 Å². The van der Waals surface area contributed by atoms with Crippen LogP contribution in [0.25, 0.3) is 0 Å². The number of hydrogen-bond acceptors (Lipinski definition) is 1. The summed E-state index contributed by atoms with van der Waals surface area (Å²) >= 11 is 0. The van der Waals surface area contributed by atoms with E-state index in [2.05, 4.69) is 24.4 Å². The fraction of sp³-hybridized carbons (Fsp3) is 0.333. The molecule has 0 bridgehead atoms. The largest absolute Gasteiger partial charge is 0.385 e. The quantitative estimate of drug-likeness (QED) is 0.636. The van der Waals surface area contributed by atoms with Crippen LogP contribution < -0.4 is 5.32 Å². The molecule has 0 saturated carbocycles. The highest BCUT2D eigenvalue weighted by molar-refractivity contribution is 5.10. The summed E-state index contributed by atoms with van der Waals surface area (Å²) in [4.78, 5) is 0. The summed E-state index contributed by atoms with van der Waals surface area (Å²) in [7, 11) is 0. The summed E-state index contributed by atoms with van der Waals surface area (Å²) in [5.74, 6) is 0.